The molecule has 0 saturated heterocycles. The first-order valence-electron chi connectivity index (χ1n) is 5.87. The summed E-state index contributed by atoms with van der Waals surface area (Å²) in [4.78, 5) is 12.1. The van der Waals surface area contributed by atoms with Gasteiger partial charge in [0.05, 0.1) is 6.20 Å². The highest BCUT2D eigenvalue weighted by molar-refractivity contribution is 7.99. The van der Waals surface area contributed by atoms with Crippen molar-refractivity contribution in [1.29, 1.82) is 0 Å². The van der Waals surface area contributed by atoms with Crippen molar-refractivity contribution in [3.8, 4) is 0 Å². The van der Waals surface area contributed by atoms with E-state index in [0.717, 1.165) is 5.56 Å². The van der Waals surface area contributed by atoms with Crippen molar-refractivity contribution < 1.29 is 9.18 Å². The van der Waals surface area contributed by atoms with Crippen LogP contribution in [0.25, 0.3) is 0 Å². The Bertz CT molecular complexity index is 530. The molecule has 6 heteroatoms. The van der Waals surface area contributed by atoms with Crippen LogP contribution in [-0.4, -0.2) is 21.9 Å². The number of hydrogen-bond donors (Lipinski definition) is 2. The van der Waals surface area contributed by atoms with Crippen molar-refractivity contribution in [1.82, 2.24) is 15.5 Å². The Balaban J connectivity index is 1.68. The smallest absolute Gasteiger partial charge is 0.221 e. The second-order valence-electron chi connectivity index (χ2n) is 3.91. The number of halogens is 1. The van der Waals surface area contributed by atoms with Crippen LogP contribution >= 0.6 is 11.8 Å². The molecule has 0 aliphatic heterocycles. The number of aromatic amines is 1. The Morgan fingerprint density at radius 1 is 1.42 bits per heavy atom. The number of hydrogen-bond acceptors (Lipinski definition) is 3. The zero-order chi connectivity index (χ0) is 13.5. The lowest BCUT2D eigenvalue weighted by Crippen LogP contribution is -2.22. The predicted molar refractivity (Wildman–Crippen MR) is 72.2 cm³/mol. The first-order valence-corrected chi connectivity index (χ1v) is 6.86. The summed E-state index contributed by atoms with van der Waals surface area (Å²) in [6.45, 7) is 0.458. The van der Waals surface area contributed by atoms with Crippen molar-refractivity contribution in [2.45, 2.75) is 17.9 Å². The standard InChI is InChI=1S/C13H14FN3OS/c14-11-3-1-2-4-12(11)19-6-5-13(18)15-7-10-8-16-17-9-10/h1-4,8-9H,5-7H2,(H,15,18)(H,16,17). The number of amides is 1. The summed E-state index contributed by atoms with van der Waals surface area (Å²) in [6.07, 6.45) is 3.75. The molecular formula is C13H14FN3OS. The first-order chi connectivity index (χ1) is 9.25. The van der Waals surface area contributed by atoms with Gasteiger partial charge in [-0.15, -0.1) is 11.8 Å². The van der Waals surface area contributed by atoms with E-state index in [9.17, 15) is 9.18 Å². The average Bonchev–Trinajstić information content (AvgIpc) is 2.92. The molecule has 0 saturated carbocycles. The van der Waals surface area contributed by atoms with Gasteiger partial charge in [-0.3, -0.25) is 9.89 Å². The average molecular weight is 279 g/mol. The van der Waals surface area contributed by atoms with E-state index in [1.807, 2.05) is 0 Å². The van der Waals surface area contributed by atoms with E-state index < -0.39 is 0 Å². The van der Waals surface area contributed by atoms with Crippen molar-refractivity contribution in [3.05, 3.63) is 48.0 Å². The Hall–Kier alpha value is -1.82. The molecule has 0 bridgehead atoms. The van der Waals surface area contributed by atoms with E-state index in [0.29, 0.717) is 23.6 Å². The summed E-state index contributed by atoms with van der Waals surface area (Å²) in [5, 5.41) is 9.25. The quantitative estimate of drug-likeness (QED) is 0.798. The van der Waals surface area contributed by atoms with Crippen LogP contribution in [0.5, 0.6) is 0 Å². The van der Waals surface area contributed by atoms with Crippen LogP contribution in [0.4, 0.5) is 4.39 Å². The number of carbonyl (C=O) groups is 1. The van der Waals surface area contributed by atoms with E-state index >= 15 is 0 Å². The summed E-state index contributed by atoms with van der Waals surface area (Å²) >= 11 is 1.34. The molecule has 2 rings (SSSR count). The third kappa shape index (κ3) is 4.40. The van der Waals surface area contributed by atoms with Gasteiger partial charge in [-0.2, -0.15) is 5.10 Å². The number of thioether (sulfide) groups is 1. The molecule has 1 heterocycles. The van der Waals surface area contributed by atoms with Gasteiger partial charge in [0.1, 0.15) is 5.82 Å². The Morgan fingerprint density at radius 2 is 2.26 bits per heavy atom. The number of H-pyrrole nitrogens is 1. The Labute approximate surface area is 114 Å². The number of aromatic nitrogens is 2. The van der Waals surface area contributed by atoms with Crippen LogP contribution in [-0.2, 0) is 11.3 Å². The van der Waals surface area contributed by atoms with Gasteiger partial charge in [0, 0.05) is 35.4 Å². The maximum atomic E-state index is 13.3. The summed E-state index contributed by atoms with van der Waals surface area (Å²) in [6, 6.07) is 6.56. The highest BCUT2D eigenvalue weighted by atomic mass is 32.2. The minimum atomic E-state index is -0.244. The van der Waals surface area contributed by atoms with Crippen molar-refractivity contribution in [3.63, 3.8) is 0 Å². The van der Waals surface area contributed by atoms with E-state index in [-0.39, 0.29) is 11.7 Å². The molecule has 0 aliphatic carbocycles. The van der Waals surface area contributed by atoms with Crippen LogP contribution < -0.4 is 5.32 Å². The molecule has 1 aromatic carbocycles. The SMILES string of the molecule is O=C(CCSc1ccccc1F)NCc1cn[nH]c1. The second-order valence-corrected chi connectivity index (χ2v) is 5.05. The van der Waals surface area contributed by atoms with Gasteiger partial charge in [0.2, 0.25) is 5.91 Å². The van der Waals surface area contributed by atoms with Gasteiger partial charge < -0.3 is 5.32 Å². The summed E-state index contributed by atoms with van der Waals surface area (Å²) < 4.78 is 13.3. The number of nitrogens with one attached hydrogen (secondary N) is 2. The predicted octanol–water partition coefficient (Wildman–Crippen LogP) is 2.35. The maximum absolute atomic E-state index is 13.3. The fourth-order valence-electron chi connectivity index (χ4n) is 1.48. The van der Waals surface area contributed by atoms with Gasteiger partial charge in [-0.05, 0) is 12.1 Å². The number of carbonyl (C=O) groups excluding carboxylic acids is 1. The van der Waals surface area contributed by atoms with Crippen LogP contribution in [0, 0.1) is 5.82 Å². The lowest BCUT2D eigenvalue weighted by molar-refractivity contribution is -0.120. The molecule has 2 N–H and O–H groups in total. The molecule has 1 aromatic heterocycles. The molecule has 0 unspecified atom stereocenters. The van der Waals surface area contributed by atoms with E-state index in [1.165, 1.54) is 17.8 Å². The van der Waals surface area contributed by atoms with Gasteiger partial charge >= 0.3 is 0 Å². The van der Waals surface area contributed by atoms with Crippen molar-refractivity contribution in [2.75, 3.05) is 5.75 Å². The molecule has 100 valence electrons. The van der Waals surface area contributed by atoms with Crippen molar-refractivity contribution in [2.24, 2.45) is 0 Å². The summed E-state index contributed by atoms with van der Waals surface area (Å²) in [5.41, 5.74) is 0.926. The maximum Gasteiger partial charge on any atom is 0.221 e. The molecule has 0 atom stereocenters. The normalized spacial score (nSPS) is 10.4. The van der Waals surface area contributed by atoms with Crippen LogP contribution in [0.1, 0.15) is 12.0 Å². The largest absolute Gasteiger partial charge is 0.352 e. The zero-order valence-corrected chi connectivity index (χ0v) is 11.0. The molecule has 19 heavy (non-hydrogen) atoms. The summed E-state index contributed by atoms with van der Waals surface area (Å²) in [5.74, 6) is 0.259. The first kappa shape index (κ1) is 13.6. The molecule has 0 aliphatic rings. The van der Waals surface area contributed by atoms with Crippen LogP contribution in [0.3, 0.4) is 0 Å². The van der Waals surface area contributed by atoms with E-state index in [4.69, 9.17) is 0 Å². The minimum Gasteiger partial charge on any atom is -0.352 e. The zero-order valence-electron chi connectivity index (χ0n) is 10.2. The highest BCUT2D eigenvalue weighted by Crippen LogP contribution is 2.21. The van der Waals surface area contributed by atoms with Gasteiger partial charge in [0.15, 0.2) is 0 Å². The molecule has 0 spiro atoms. The molecular weight excluding hydrogens is 265 g/mol. The fraction of sp³-hybridized carbons (Fsp3) is 0.231. The van der Waals surface area contributed by atoms with E-state index in [2.05, 4.69) is 15.5 Å². The summed E-state index contributed by atoms with van der Waals surface area (Å²) in [7, 11) is 0. The molecule has 2 aromatic rings. The second kappa shape index (κ2) is 6.94. The molecule has 0 radical (unpaired) electrons. The van der Waals surface area contributed by atoms with Crippen LogP contribution in [0.15, 0.2) is 41.6 Å². The topological polar surface area (TPSA) is 57.8 Å². The van der Waals surface area contributed by atoms with Gasteiger partial charge in [-0.1, -0.05) is 12.1 Å². The third-order valence-corrected chi connectivity index (χ3v) is 3.52. The number of benzene rings is 1. The minimum absolute atomic E-state index is 0.0509. The molecule has 4 nitrogen and oxygen atoms in total. The Kier molecular flexibility index (Phi) is 4.97. The van der Waals surface area contributed by atoms with E-state index in [1.54, 1.807) is 30.6 Å². The van der Waals surface area contributed by atoms with Gasteiger partial charge in [0.25, 0.3) is 0 Å². The monoisotopic (exact) mass is 279 g/mol. The van der Waals surface area contributed by atoms with Crippen LogP contribution in [0.2, 0.25) is 0 Å². The molecule has 1 amide bonds. The van der Waals surface area contributed by atoms with Gasteiger partial charge in [-0.25, -0.2) is 4.39 Å². The highest BCUT2D eigenvalue weighted by Gasteiger charge is 2.05. The third-order valence-electron chi connectivity index (χ3n) is 2.47. The lowest BCUT2D eigenvalue weighted by Gasteiger charge is -2.04. The molecule has 0 fully saturated rings. The number of nitrogens with zero attached hydrogens (tertiary/aromatic N) is 1. The lowest BCUT2D eigenvalue weighted by atomic mass is 10.3. The fourth-order valence-corrected chi connectivity index (χ4v) is 2.37. The Morgan fingerprint density at radius 3 is 3.00 bits per heavy atom. The number of rotatable bonds is 6. The van der Waals surface area contributed by atoms with Crippen molar-refractivity contribution >= 4 is 17.7 Å².